The fourth-order valence-corrected chi connectivity index (χ4v) is 9.79. The Morgan fingerprint density at radius 3 is 0.905 bits per heavy atom. The minimum absolute atomic E-state index is 0.162. The van der Waals surface area contributed by atoms with Crippen LogP contribution in [-0.4, -0.2) is 15.1 Å². The van der Waals surface area contributed by atoms with Gasteiger partial charge >= 0.3 is 0 Å². The molecule has 0 aliphatic rings. The zero-order valence-electron chi connectivity index (χ0n) is 30.8. The molecular weight excluding hydrogens is 529 g/mol. The van der Waals surface area contributed by atoms with Gasteiger partial charge in [-0.1, -0.05) is 197 Å². The monoisotopic (exact) mass is 611 g/mol. The molecule has 254 valence electrons. The summed E-state index contributed by atoms with van der Waals surface area (Å²) < 4.78 is 14.9. The van der Waals surface area contributed by atoms with Crippen LogP contribution in [-0.2, 0) is 11.2 Å². The highest BCUT2D eigenvalue weighted by molar-refractivity contribution is 7.92. The molecule has 2 atom stereocenters. The van der Waals surface area contributed by atoms with Gasteiger partial charge in [-0.25, -0.2) is 0 Å². The van der Waals surface area contributed by atoms with Crippen LogP contribution in [0.4, 0.5) is 0 Å². The van der Waals surface area contributed by atoms with Crippen molar-refractivity contribution >= 4 is 11.2 Å². The lowest BCUT2D eigenvalue weighted by Gasteiger charge is -2.43. The van der Waals surface area contributed by atoms with Gasteiger partial charge in [-0.3, -0.25) is 0 Å². The lowest BCUT2D eigenvalue weighted by Crippen LogP contribution is -2.47. The molecule has 0 radical (unpaired) electrons. The van der Waals surface area contributed by atoms with Crippen molar-refractivity contribution in [3.05, 3.63) is 0 Å². The Bertz CT molecular complexity index is 508. The maximum absolute atomic E-state index is 14.9. The molecule has 0 saturated carbocycles. The Morgan fingerprint density at radius 1 is 0.381 bits per heavy atom. The van der Waals surface area contributed by atoms with Gasteiger partial charge in [0.15, 0.2) is 0 Å². The third-order valence-electron chi connectivity index (χ3n) is 10.3. The first kappa shape index (κ1) is 42.3. The summed E-state index contributed by atoms with van der Waals surface area (Å²) in [7, 11) is 0. The van der Waals surface area contributed by atoms with Crippen LogP contribution in [0, 0.1) is 10.8 Å². The molecule has 0 rings (SSSR count). The minimum atomic E-state index is -0.772. The average molecular weight is 611 g/mol. The van der Waals surface area contributed by atoms with E-state index in [1.165, 1.54) is 180 Å². The zero-order chi connectivity index (χ0) is 31.5. The van der Waals surface area contributed by atoms with Crippen LogP contribution >= 0.6 is 0 Å². The van der Waals surface area contributed by atoms with E-state index in [2.05, 4.69) is 55.4 Å². The fraction of sp³-hybridized carbons (Fsp3) is 1.00. The molecule has 2 heteroatoms. The summed E-state index contributed by atoms with van der Waals surface area (Å²) in [5, 5.41) is 0.682. The van der Waals surface area contributed by atoms with Crippen molar-refractivity contribution in [1.82, 2.24) is 0 Å². The van der Waals surface area contributed by atoms with Crippen LogP contribution in [0.1, 0.15) is 235 Å². The summed E-state index contributed by atoms with van der Waals surface area (Å²) >= 11 is -0.772. The topological polar surface area (TPSA) is 23.1 Å². The summed E-state index contributed by atoms with van der Waals surface area (Å²) in [6.07, 6.45) is 37.1. The standard InChI is InChI=1S/C40H82OS/c1-9-13-17-21-23-27-31-35-39(5,6)37(33-29-25-19-15-11-3)42(41)38(34-30-26-20-16-12-4)40(7,8)36-32-28-24-22-18-14-10-2/h37-38H,9-36H2,1-8H3. The van der Waals surface area contributed by atoms with Crippen molar-refractivity contribution in [3.8, 4) is 0 Å². The quantitative estimate of drug-likeness (QED) is 0.0549. The van der Waals surface area contributed by atoms with E-state index >= 15 is 0 Å². The summed E-state index contributed by atoms with van der Waals surface area (Å²) in [6, 6.07) is 0. The van der Waals surface area contributed by atoms with Gasteiger partial charge in [0.25, 0.3) is 0 Å². The van der Waals surface area contributed by atoms with Crippen molar-refractivity contribution in [3.63, 3.8) is 0 Å². The smallest absolute Gasteiger partial charge is 0.121 e. The maximum Gasteiger partial charge on any atom is 0.121 e. The van der Waals surface area contributed by atoms with Crippen molar-refractivity contribution in [2.45, 2.75) is 246 Å². The lowest BCUT2D eigenvalue weighted by atomic mass is 9.80. The predicted molar refractivity (Wildman–Crippen MR) is 195 cm³/mol. The van der Waals surface area contributed by atoms with Gasteiger partial charge in [-0.05, 0) is 49.7 Å². The SMILES string of the molecule is CCCCCCCCCC(C)(C)C(CCCCCCC)[S+]([O-])C(CCCCCCC)C(C)(C)CCCCCCCCC. The second-order valence-electron chi connectivity index (χ2n) is 15.4. The molecule has 0 fully saturated rings. The molecular formula is C40H82OS. The van der Waals surface area contributed by atoms with E-state index in [0.29, 0.717) is 10.5 Å². The van der Waals surface area contributed by atoms with E-state index in [4.69, 9.17) is 0 Å². The van der Waals surface area contributed by atoms with E-state index in [-0.39, 0.29) is 10.8 Å². The van der Waals surface area contributed by atoms with Gasteiger partial charge < -0.3 is 4.55 Å². The molecule has 0 bridgehead atoms. The van der Waals surface area contributed by atoms with Crippen molar-refractivity contribution in [2.75, 3.05) is 0 Å². The Labute approximate surface area is 271 Å². The number of rotatable bonds is 32. The molecule has 2 unspecified atom stereocenters. The molecule has 0 aromatic heterocycles. The van der Waals surface area contributed by atoms with E-state index in [1.54, 1.807) is 0 Å². The molecule has 0 N–H and O–H groups in total. The largest absolute Gasteiger partial charge is 0.616 e. The molecule has 0 amide bonds. The van der Waals surface area contributed by atoms with Crippen LogP contribution in [0.15, 0.2) is 0 Å². The molecule has 1 nitrogen and oxygen atoms in total. The normalized spacial score (nSPS) is 14.8. The summed E-state index contributed by atoms with van der Waals surface area (Å²) in [6.45, 7) is 19.2. The summed E-state index contributed by atoms with van der Waals surface area (Å²) in [5.74, 6) is 0. The van der Waals surface area contributed by atoms with Crippen LogP contribution < -0.4 is 0 Å². The van der Waals surface area contributed by atoms with Crippen molar-refractivity contribution < 1.29 is 4.55 Å². The Kier molecular flexibility index (Phi) is 27.8. The Morgan fingerprint density at radius 2 is 0.619 bits per heavy atom. The van der Waals surface area contributed by atoms with E-state index in [9.17, 15) is 4.55 Å². The van der Waals surface area contributed by atoms with Crippen molar-refractivity contribution in [2.24, 2.45) is 10.8 Å². The molecule has 0 aliphatic heterocycles. The second kappa shape index (κ2) is 27.6. The zero-order valence-corrected chi connectivity index (χ0v) is 31.6. The van der Waals surface area contributed by atoms with Crippen LogP contribution in [0.5, 0.6) is 0 Å². The second-order valence-corrected chi connectivity index (χ2v) is 17.2. The highest BCUT2D eigenvalue weighted by atomic mass is 32.2. The van der Waals surface area contributed by atoms with Crippen LogP contribution in [0.3, 0.4) is 0 Å². The molecule has 0 aliphatic carbocycles. The first-order chi connectivity index (χ1) is 20.2. The molecule has 0 spiro atoms. The number of hydrogen-bond acceptors (Lipinski definition) is 1. The first-order valence-electron chi connectivity index (χ1n) is 19.6. The van der Waals surface area contributed by atoms with Gasteiger partial charge in [-0.15, -0.1) is 0 Å². The minimum Gasteiger partial charge on any atom is -0.616 e. The van der Waals surface area contributed by atoms with Gasteiger partial charge in [-0.2, -0.15) is 0 Å². The number of hydrogen-bond donors (Lipinski definition) is 0. The molecule has 0 aromatic carbocycles. The van der Waals surface area contributed by atoms with Gasteiger partial charge in [0, 0.05) is 10.8 Å². The van der Waals surface area contributed by atoms with Crippen LogP contribution in [0.25, 0.3) is 0 Å². The first-order valence-corrected chi connectivity index (χ1v) is 20.8. The van der Waals surface area contributed by atoms with E-state index < -0.39 is 11.2 Å². The van der Waals surface area contributed by atoms with Crippen molar-refractivity contribution in [1.29, 1.82) is 0 Å². The molecule has 0 aromatic rings. The lowest BCUT2D eigenvalue weighted by molar-refractivity contribution is 0.257. The third-order valence-corrected chi connectivity index (χ3v) is 13.2. The van der Waals surface area contributed by atoms with E-state index in [0.717, 1.165) is 0 Å². The molecule has 0 saturated heterocycles. The Balaban J connectivity index is 5.52. The average Bonchev–Trinajstić information content (AvgIpc) is 2.95. The van der Waals surface area contributed by atoms with Gasteiger partial charge in [0.2, 0.25) is 0 Å². The predicted octanol–water partition coefficient (Wildman–Crippen LogP) is 14.5. The van der Waals surface area contributed by atoms with Gasteiger partial charge in [0.1, 0.15) is 10.5 Å². The van der Waals surface area contributed by atoms with Gasteiger partial charge in [0.05, 0.1) is 0 Å². The highest BCUT2D eigenvalue weighted by Gasteiger charge is 2.46. The molecule has 0 heterocycles. The fourth-order valence-electron chi connectivity index (χ4n) is 7.10. The Hall–Kier alpha value is 0.310. The number of unbranched alkanes of at least 4 members (excludes halogenated alkanes) is 20. The van der Waals surface area contributed by atoms with Crippen LogP contribution in [0.2, 0.25) is 0 Å². The highest BCUT2D eigenvalue weighted by Crippen LogP contribution is 2.44. The molecule has 42 heavy (non-hydrogen) atoms. The summed E-state index contributed by atoms with van der Waals surface area (Å²) in [5.41, 5.74) is 0.323. The third kappa shape index (κ3) is 21.1. The maximum atomic E-state index is 14.9. The summed E-state index contributed by atoms with van der Waals surface area (Å²) in [4.78, 5) is 0. The van der Waals surface area contributed by atoms with E-state index in [1.807, 2.05) is 0 Å².